The highest BCUT2D eigenvalue weighted by Gasteiger charge is 2.38. The molecular formula is C21H23F5N6O3S. The summed E-state index contributed by atoms with van der Waals surface area (Å²) in [6.07, 6.45) is -4.65. The summed E-state index contributed by atoms with van der Waals surface area (Å²) < 4.78 is 58.9. The quantitative estimate of drug-likeness (QED) is 0.378. The van der Waals surface area contributed by atoms with Crippen molar-refractivity contribution >= 4 is 23.1 Å². The fraction of sp³-hybridized carbons (Fsp3) is 0.333. The number of carboxylic acids is 1. The third-order valence-electron chi connectivity index (χ3n) is 4.70. The maximum Gasteiger partial charge on any atom is 0.490 e. The van der Waals surface area contributed by atoms with Crippen LogP contribution in [0, 0.1) is 0 Å². The number of hydrogen-bond acceptors (Lipinski definition) is 7. The number of rotatable bonds is 8. The zero-order chi connectivity index (χ0) is 27.0. The van der Waals surface area contributed by atoms with Crippen LogP contribution >= 0.6 is 11.3 Å². The minimum Gasteiger partial charge on any atom is -0.475 e. The number of nitrogens with two attached hydrogens (primary N) is 1. The first kappa shape index (κ1) is 28.6. The van der Waals surface area contributed by atoms with Crippen molar-refractivity contribution in [2.75, 3.05) is 25.5 Å². The summed E-state index contributed by atoms with van der Waals surface area (Å²) in [4.78, 5) is 29.4. The molecule has 0 fully saturated rings. The molecule has 15 heteroatoms. The number of hydrogen-bond donors (Lipinski definition) is 3. The molecule has 0 radical (unpaired) electrons. The normalized spacial score (nSPS) is 11.0. The molecule has 3 aromatic heterocycles. The number of H-pyrrole nitrogens is 1. The molecule has 0 atom stereocenters. The van der Waals surface area contributed by atoms with Gasteiger partial charge in [0, 0.05) is 60.7 Å². The average Bonchev–Trinajstić information content (AvgIpc) is 3.42. The van der Waals surface area contributed by atoms with Gasteiger partial charge in [-0.3, -0.25) is 4.57 Å². The van der Waals surface area contributed by atoms with Gasteiger partial charge in [0.25, 0.3) is 6.08 Å². The van der Waals surface area contributed by atoms with Gasteiger partial charge >= 0.3 is 17.8 Å². The van der Waals surface area contributed by atoms with Crippen LogP contribution in [-0.4, -0.2) is 57.6 Å². The zero-order valence-electron chi connectivity index (χ0n) is 19.1. The van der Waals surface area contributed by atoms with E-state index in [1.807, 2.05) is 49.5 Å². The molecule has 3 rings (SSSR count). The minimum atomic E-state index is -5.08. The largest absolute Gasteiger partial charge is 0.490 e. The van der Waals surface area contributed by atoms with Gasteiger partial charge in [-0.25, -0.2) is 19.7 Å². The lowest BCUT2D eigenvalue weighted by Gasteiger charge is -2.10. The number of thiophene rings is 1. The third-order valence-corrected chi connectivity index (χ3v) is 5.89. The van der Waals surface area contributed by atoms with Crippen LogP contribution in [0.25, 0.3) is 10.4 Å². The molecule has 0 unspecified atom stereocenters. The van der Waals surface area contributed by atoms with E-state index in [2.05, 4.69) is 15.2 Å². The molecule has 4 N–H and O–H groups in total. The number of nitrogens with one attached hydrogen (secondary N) is 1. The second kappa shape index (κ2) is 12.4. The Bertz CT molecular complexity index is 1240. The van der Waals surface area contributed by atoms with Crippen LogP contribution in [0.4, 0.5) is 27.8 Å². The van der Waals surface area contributed by atoms with Gasteiger partial charge in [-0.15, -0.1) is 11.3 Å². The standard InChI is InChI=1S/C19H22F2N6OS.C2HF3O2/c1-26(2)16-6-3-12(11-23-16)15-5-4-14(29-15)7-8-27-17(24-25-19(27)28)9-13(10-22)18(20)21;3-2(4,5)1(6)7/h3-6,11H,7-10,22H2,1-2H3,(H,25,28);(H,6,7). The molecule has 3 heterocycles. The van der Waals surface area contributed by atoms with Crippen LogP contribution in [0.15, 0.2) is 46.9 Å². The molecule has 0 saturated carbocycles. The van der Waals surface area contributed by atoms with Gasteiger partial charge in [0.1, 0.15) is 11.6 Å². The van der Waals surface area contributed by atoms with E-state index in [0.717, 1.165) is 21.1 Å². The Morgan fingerprint density at radius 2 is 1.89 bits per heavy atom. The average molecular weight is 535 g/mol. The Labute approximate surface area is 205 Å². The second-order valence-electron chi connectivity index (χ2n) is 7.46. The van der Waals surface area contributed by atoms with Crippen LogP contribution < -0.4 is 16.3 Å². The van der Waals surface area contributed by atoms with E-state index in [1.165, 1.54) is 4.57 Å². The molecule has 0 aliphatic heterocycles. The number of aryl methyl sites for hydroxylation is 1. The molecular weight excluding hydrogens is 511 g/mol. The van der Waals surface area contributed by atoms with Crippen LogP contribution in [-0.2, 0) is 24.2 Å². The minimum absolute atomic E-state index is 0.156. The molecule has 0 bridgehead atoms. The summed E-state index contributed by atoms with van der Waals surface area (Å²) in [6, 6.07) is 7.98. The van der Waals surface area contributed by atoms with E-state index >= 15 is 0 Å². The SMILES string of the molecule is CN(C)c1ccc(-c2ccc(CCn3c(CC(CN)=C(F)F)n[nH]c3=O)s2)cn1.O=C(O)C(F)(F)F. The number of pyridine rings is 1. The highest BCUT2D eigenvalue weighted by atomic mass is 32.1. The molecule has 0 amide bonds. The molecule has 0 aromatic carbocycles. The lowest BCUT2D eigenvalue weighted by atomic mass is 10.2. The Balaban J connectivity index is 0.000000572. The van der Waals surface area contributed by atoms with Crippen molar-refractivity contribution in [3.05, 3.63) is 63.3 Å². The van der Waals surface area contributed by atoms with Gasteiger partial charge in [0.2, 0.25) is 0 Å². The van der Waals surface area contributed by atoms with E-state index in [1.54, 1.807) is 11.3 Å². The van der Waals surface area contributed by atoms with Crippen molar-refractivity contribution < 1.29 is 31.9 Å². The van der Waals surface area contributed by atoms with Gasteiger partial charge in [-0.05, 0) is 30.7 Å². The van der Waals surface area contributed by atoms with Crippen molar-refractivity contribution in [3.63, 3.8) is 0 Å². The lowest BCUT2D eigenvalue weighted by molar-refractivity contribution is -0.192. The Morgan fingerprint density at radius 1 is 1.22 bits per heavy atom. The van der Waals surface area contributed by atoms with Crippen molar-refractivity contribution in [3.8, 4) is 10.4 Å². The fourth-order valence-corrected chi connectivity index (χ4v) is 3.80. The van der Waals surface area contributed by atoms with E-state index < -0.39 is 23.9 Å². The smallest absolute Gasteiger partial charge is 0.475 e. The molecule has 9 nitrogen and oxygen atoms in total. The topological polar surface area (TPSA) is 130 Å². The number of carbonyl (C=O) groups is 1. The highest BCUT2D eigenvalue weighted by Crippen LogP contribution is 2.29. The number of nitrogens with zero attached hydrogens (tertiary/aromatic N) is 4. The monoisotopic (exact) mass is 534 g/mol. The van der Waals surface area contributed by atoms with Crippen LogP contribution in [0.5, 0.6) is 0 Å². The second-order valence-corrected chi connectivity index (χ2v) is 8.63. The zero-order valence-corrected chi connectivity index (χ0v) is 20.0. The Kier molecular flexibility index (Phi) is 9.86. The number of aromatic nitrogens is 4. The van der Waals surface area contributed by atoms with Gasteiger partial charge in [-0.1, -0.05) is 0 Å². The van der Waals surface area contributed by atoms with Crippen molar-refractivity contribution in [2.45, 2.75) is 25.6 Å². The predicted molar refractivity (Wildman–Crippen MR) is 124 cm³/mol. The van der Waals surface area contributed by atoms with Gasteiger partial charge in [0.05, 0.1) is 0 Å². The molecule has 3 aromatic rings. The Morgan fingerprint density at radius 3 is 2.39 bits per heavy atom. The first-order chi connectivity index (χ1) is 16.8. The highest BCUT2D eigenvalue weighted by molar-refractivity contribution is 7.15. The van der Waals surface area contributed by atoms with E-state index in [4.69, 9.17) is 15.6 Å². The van der Waals surface area contributed by atoms with Crippen LogP contribution in [0.2, 0.25) is 0 Å². The van der Waals surface area contributed by atoms with Gasteiger partial charge in [0.15, 0.2) is 0 Å². The number of halogens is 5. The van der Waals surface area contributed by atoms with E-state index in [-0.39, 0.29) is 24.4 Å². The fourth-order valence-electron chi connectivity index (χ4n) is 2.81. The summed E-state index contributed by atoms with van der Waals surface area (Å²) in [7, 11) is 3.87. The summed E-state index contributed by atoms with van der Waals surface area (Å²) in [5.41, 5.74) is 5.73. The summed E-state index contributed by atoms with van der Waals surface area (Å²) >= 11 is 1.61. The lowest BCUT2D eigenvalue weighted by Crippen LogP contribution is -2.21. The number of aliphatic carboxylic acids is 1. The van der Waals surface area contributed by atoms with Gasteiger partial charge in [-0.2, -0.15) is 27.1 Å². The van der Waals surface area contributed by atoms with Crippen molar-refractivity contribution in [2.24, 2.45) is 5.73 Å². The molecule has 0 aliphatic rings. The summed E-state index contributed by atoms with van der Waals surface area (Å²) in [5, 5.41) is 13.3. The maximum atomic E-state index is 12.9. The van der Waals surface area contributed by atoms with E-state index in [9.17, 15) is 26.7 Å². The molecule has 0 saturated heterocycles. The van der Waals surface area contributed by atoms with E-state index in [0.29, 0.717) is 13.0 Å². The van der Waals surface area contributed by atoms with Crippen LogP contribution in [0.3, 0.4) is 0 Å². The number of aromatic amines is 1. The molecule has 196 valence electrons. The first-order valence-corrected chi connectivity index (χ1v) is 11.0. The number of anilines is 1. The molecule has 36 heavy (non-hydrogen) atoms. The first-order valence-electron chi connectivity index (χ1n) is 10.2. The number of alkyl halides is 3. The summed E-state index contributed by atoms with van der Waals surface area (Å²) in [5.74, 6) is -1.62. The molecule has 0 aliphatic carbocycles. The maximum absolute atomic E-state index is 12.9. The molecule has 0 spiro atoms. The van der Waals surface area contributed by atoms with Crippen molar-refractivity contribution in [1.82, 2.24) is 19.7 Å². The predicted octanol–water partition coefficient (Wildman–Crippen LogP) is 3.29. The van der Waals surface area contributed by atoms with Gasteiger partial charge < -0.3 is 15.7 Å². The number of carboxylic acid groups (broad SMARTS) is 1. The van der Waals surface area contributed by atoms with Crippen LogP contribution in [0.1, 0.15) is 10.7 Å². The summed E-state index contributed by atoms with van der Waals surface area (Å²) in [6.45, 7) is 0.0620. The van der Waals surface area contributed by atoms with Crippen molar-refractivity contribution in [1.29, 1.82) is 0 Å². The third kappa shape index (κ3) is 7.98. The Hall–Kier alpha value is -3.59.